The van der Waals surface area contributed by atoms with E-state index in [-0.39, 0.29) is 11.7 Å². The first-order chi connectivity index (χ1) is 13.5. The van der Waals surface area contributed by atoms with Crippen molar-refractivity contribution in [2.75, 3.05) is 12.4 Å². The van der Waals surface area contributed by atoms with Gasteiger partial charge in [-0.3, -0.25) is 4.79 Å². The van der Waals surface area contributed by atoms with Gasteiger partial charge in [0.15, 0.2) is 11.5 Å². The molecule has 0 fully saturated rings. The zero-order valence-electron chi connectivity index (χ0n) is 15.4. The molecule has 0 radical (unpaired) electrons. The average Bonchev–Trinajstić information content (AvgIpc) is 2.70. The van der Waals surface area contributed by atoms with Crippen molar-refractivity contribution in [1.82, 2.24) is 5.43 Å². The number of ether oxygens (including phenoxy) is 1. The highest BCUT2D eigenvalue weighted by molar-refractivity contribution is 9.10. The van der Waals surface area contributed by atoms with Crippen LogP contribution in [0.15, 0.2) is 64.2 Å². The van der Waals surface area contributed by atoms with Gasteiger partial charge in [0.2, 0.25) is 0 Å². The maximum Gasteiger partial charge on any atom is 0.262 e. The molecule has 0 unspecified atom stereocenters. The molecule has 0 saturated carbocycles. The molecule has 0 heterocycles. The first kappa shape index (κ1) is 19.7. The normalized spacial score (nSPS) is 12.1. The number of fused-ring (bicyclic) bond motifs is 1. The minimum atomic E-state index is -0.482. The van der Waals surface area contributed by atoms with Crippen LogP contribution in [0.4, 0.5) is 5.69 Å². The second-order valence-corrected chi connectivity index (χ2v) is 7.03. The molecule has 0 saturated heterocycles. The number of carbonyl (C=O) groups is 1. The molecule has 6 nitrogen and oxygen atoms in total. The van der Waals surface area contributed by atoms with E-state index in [0.717, 1.165) is 16.5 Å². The molecule has 28 heavy (non-hydrogen) atoms. The third-order valence-electron chi connectivity index (χ3n) is 4.21. The van der Waals surface area contributed by atoms with Crippen LogP contribution in [0.1, 0.15) is 12.5 Å². The smallest absolute Gasteiger partial charge is 0.262 e. The Morgan fingerprint density at radius 2 is 1.96 bits per heavy atom. The number of methoxy groups -OCH3 is 1. The van der Waals surface area contributed by atoms with Crippen LogP contribution in [0.3, 0.4) is 0 Å². The number of halogens is 1. The number of aromatic hydroxyl groups is 1. The number of nitrogens with zero attached hydrogens (tertiary/aromatic N) is 1. The maximum atomic E-state index is 12.4. The monoisotopic (exact) mass is 441 g/mol. The van der Waals surface area contributed by atoms with Gasteiger partial charge in [0.05, 0.1) is 17.8 Å². The van der Waals surface area contributed by atoms with Gasteiger partial charge in [-0.05, 0) is 52.0 Å². The fourth-order valence-electron chi connectivity index (χ4n) is 2.74. The number of anilines is 1. The van der Waals surface area contributed by atoms with Gasteiger partial charge in [0, 0.05) is 11.1 Å². The number of hydrazone groups is 1. The number of amides is 1. The quantitative estimate of drug-likeness (QED) is 0.394. The Morgan fingerprint density at radius 1 is 1.21 bits per heavy atom. The van der Waals surface area contributed by atoms with Gasteiger partial charge in [0.25, 0.3) is 5.91 Å². The van der Waals surface area contributed by atoms with Crippen LogP contribution >= 0.6 is 15.9 Å². The Morgan fingerprint density at radius 3 is 2.75 bits per heavy atom. The van der Waals surface area contributed by atoms with Gasteiger partial charge in [-0.1, -0.05) is 36.4 Å². The summed E-state index contributed by atoms with van der Waals surface area (Å²) in [5.41, 5.74) is 4.07. The summed E-state index contributed by atoms with van der Waals surface area (Å²) in [4.78, 5) is 12.4. The van der Waals surface area contributed by atoms with E-state index in [0.29, 0.717) is 15.8 Å². The molecule has 0 bridgehead atoms. The number of phenolic OH excluding ortho intramolecular Hbond substituents is 1. The molecule has 0 spiro atoms. The molecule has 1 atom stereocenters. The summed E-state index contributed by atoms with van der Waals surface area (Å²) in [6.45, 7) is 1.77. The van der Waals surface area contributed by atoms with Crippen molar-refractivity contribution in [1.29, 1.82) is 0 Å². The zero-order chi connectivity index (χ0) is 20.1. The van der Waals surface area contributed by atoms with Crippen molar-refractivity contribution in [3.8, 4) is 11.5 Å². The Labute approximate surface area is 171 Å². The van der Waals surface area contributed by atoms with E-state index in [1.807, 2.05) is 42.5 Å². The lowest BCUT2D eigenvalue weighted by molar-refractivity contribution is -0.121. The van der Waals surface area contributed by atoms with E-state index >= 15 is 0 Å². The summed E-state index contributed by atoms with van der Waals surface area (Å²) in [5.74, 6) is 0.0544. The lowest BCUT2D eigenvalue weighted by atomic mass is 10.1. The molecule has 1 amide bonds. The van der Waals surface area contributed by atoms with Crippen LogP contribution < -0.4 is 15.5 Å². The maximum absolute atomic E-state index is 12.4. The predicted octanol–water partition coefficient (Wildman–Crippen LogP) is 4.27. The number of rotatable bonds is 6. The highest BCUT2D eigenvalue weighted by Crippen LogP contribution is 2.34. The highest BCUT2D eigenvalue weighted by atomic mass is 79.9. The molecule has 0 aliphatic rings. The molecule has 0 aromatic heterocycles. The van der Waals surface area contributed by atoms with Gasteiger partial charge >= 0.3 is 0 Å². The zero-order valence-corrected chi connectivity index (χ0v) is 17.0. The number of nitrogens with one attached hydrogen (secondary N) is 2. The summed E-state index contributed by atoms with van der Waals surface area (Å²) < 4.78 is 5.57. The SMILES string of the molecule is COc1cc(/C=N\NC(=O)[C@H](C)Nc2cccc3ccccc23)cc(Br)c1O. The van der Waals surface area contributed by atoms with Gasteiger partial charge in [-0.25, -0.2) is 5.43 Å². The molecule has 3 N–H and O–H groups in total. The van der Waals surface area contributed by atoms with Crippen LogP contribution in [0.25, 0.3) is 10.8 Å². The third-order valence-corrected chi connectivity index (χ3v) is 4.82. The van der Waals surface area contributed by atoms with E-state index in [2.05, 4.69) is 31.8 Å². The molecular formula is C21H20BrN3O3. The van der Waals surface area contributed by atoms with Crippen LogP contribution in [0.2, 0.25) is 0 Å². The topological polar surface area (TPSA) is 83.0 Å². The summed E-state index contributed by atoms with van der Waals surface area (Å²) >= 11 is 3.25. The minimum absolute atomic E-state index is 0.0107. The summed E-state index contributed by atoms with van der Waals surface area (Å²) in [6, 6.07) is 16.7. The fourth-order valence-corrected chi connectivity index (χ4v) is 3.20. The van der Waals surface area contributed by atoms with Crippen LogP contribution in [-0.4, -0.2) is 30.4 Å². The van der Waals surface area contributed by atoms with Crippen molar-refractivity contribution >= 4 is 44.5 Å². The van der Waals surface area contributed by atoms with Crippen molar-refractivity contribution in [2.45, 2.75) is 13.0 Å². The highest BCUT2D eigenvalue weighted by Gasteiger charge is 2.13. The van der Waals surface area contributed by atoms with E-state index in [9.17, 15) is 9.90 Å². The Balaban J connectivity index is 1.66. The van der Waals surface area contributed by atoms with Crippen molar-refractivity contribution < 1.29 is 14.6 Å². The summed E-state index contributed by atoms with van der Waals surface area (Å²) in [5, 5.41) is 19.2. The molecule has 7 heteroatoms. The van der Waals surface area contributed by atoms with Gasteiger partial charge in [-0.2, -0.15) is 5.10 Å². The van der Waals surface area contributed by atoms with E-state index in [4.69, 9.17) is 4.74 Å². The number of hydrogen-bond donors (Lipinski definition) is 3. The Bertz CT molecular complexity index is 1030. The van der Waals surface area contributed by atoms with Crippen molar-refractivity contribution in [2.24, 2.45) is 5.10 Å². The minimum Gasteiger partial charge on any atom is -0.503 e. The van der Waals surface area contributed by atoms with Gasteiger partial charge in [-0.15, -0.1) is 0 Å². The summed E-state index contributed by atoms with van der Waals surface area (Å²) in [7, 11) is 1.46. The number of carbonyl (C=O) groups excluding carboxylic acids is 1. The largest absolute Gasteiger partial charge is 0.503 e. The fraction of sp³-hybridized carbons (Fsp3) is 0.143. The van der Waals surface area contributed by atoms with Gasteiger partial charge < -0.3 is 15.2 Å². The second kappa shape index (κ2) is 8.75. The molecule has 3 aromatic rings. The predicted molar refractivity (Wildman–Crippen MR) is 115 cm³/mol. The third kappa shape index (κ3) is 4.43. The molecule has 0 aliphatic heterocycles. The Kier molecular flexibility index (Phi) is 6.16. The Hall–Kier alpha value is -3.06. The van der Waals surface area contributed by atoms with Crippen molar-refractivity contribution in [3.05, 3.63) is 64.6 Å². The van der Waals surface area contributed by atoms with Crippen molar-refractivity contribution in [3.63, 3.8) is 0 Å². The number of hydrogen-bond acceptors (Lipinski definition) is 5. The summed E-state index contributed by atoms with van der Waals surface area (Å²) in [6.07, 6.45) is 1.48. The number of benzene rings is 3. The van der Waals surface area contributed by atoms with Gasteiger partial charge in [0.1, 0.15) is 6.04 Å². The van der Waals surface area contributed by atoms with E-state index < -0.39 is 6.04 Å². The molecule has 0 aliphatic carbocycles. The molecule has 144 valence electrons. The van der Waals surface area contributed by atoms with E-state index in [1.165, 1.54) is 13.3 Å². The molecular weight excluding hydrogens is 422 g/mol. The first-order valence-electron chi connectivity index (χ1n) is 8.63. The molecule has 3 aromatic carbocycles. The lowest BCUT2D eigenvalue weighted by Crippen LogP contribution is -2.34. The molecule has 3 rings (SSSR count). The van der Waals surface area contributed by atoms with Crippen LogP contribution in [0.5, 0.6) is 11.5 Å². The van der Waals surface area contributed by atoms with Crippen LogP contribution in [0, 0.1) is 0 Å². The standard InChI is InChI=1S/C21H20BrN3O3/c1-13(24-18-9-5-7-15-6-3-4-8-16(15)18)21(27)25-23-12-14-10-17(22)20(26)19(11-14)28-2/h3-13,24,26H,1-2H3,(H,25,27)/b23-12-/t13-/m0/s1. The average molecular weight is 442 g/mol. The second-order valence-electron chi connectivity index (χ2n) is 6.18. The van der Waals surface area contributed by atoms with E-state index in [1.54, 1.807) is 19.1 Å². The number of phenols is 1. The first-order valence-corrected chi connectivity index (χ1v) is 9.42. The lowest BCUT2D eigenvalue weighted by Gasteiger charge is -2.15. The van der Waals surface area contributed by atoms with Crippen LogP contribution in [-0.2, 0) is 4.79 Å².